The summed E-state index contributed by atoms with van der Waals surface area (Å²) < 4.78 is 29.1. The molecule has 1 N–H and O–H groups in total. The van der Waals surface area contributed by atoms with E-state index in [9.17, 15) is 23.1 Å². The second-order valence-corrected chi connectivity index (χ2v) is 11.2. The van der Waals surface area contributed by atoms with Crippen LogP contribution >= 0.6 is 0 Å². The Kier molecular flexibility index (Phi) is 8.14. The smallest absolute Gasteiger partial charge is 0.342 e. The average molecular weight is 454 g/mol. The first-order valence-corrected chi connectivity index (χ1v) is 12.8. The highest BCUT2D eigenvalue weighted by atomic mass is 32.2. The minimum atomic E-state index is -3.16. The minimum Gasteiger partial charge on any atom is -0.507 e. The molecule has 1 heterocycles. The van der Waals surface area contributed by atoms with Crippen LogP contribution in [0.2, 0.25) is 0 Å². The van der Waals surface area contributed by atoms with Gasteiger partial charge in [0, 0.05) is 12.1 Å². The third kappa shape index (κ3) is 5.99. The molecule has 1 aromatic rings. The normalized spacial score (nSPS) is 18.9. The van der Waals surface area contributed by atoms with Crippen molar-refractivity contribution < 1.29 is 27.9 Å². The Morgan fingerprint density at radius 3 is 2.29 bits per heavy atom. The van der Waals surface area contributed by atoms with E-state index in [-0.39, 0.29) is 40.7 Å². The quantitative estimate of drug-likeness (QED) is 0.604. The Balaban J connectivity index is 2.21. The van der Waals surface area contributed by atoms with Gasteiger partial charge in [0.2, 0.25) is 0 Å². The van der Waals surface area contributed by atoms with Crippen LogP contribution in [0, 0.1) is 0 Å². The van der Waals surface area contributed by atoms with Gasteiger partial charge in [0.25, 0.3) is 5.91 Å². The Bertz CT molecular complexity index is 922. The van der Waals surface area contributed by atoms with Gasteiger partial charge in [0.1, 0.15) is 11.3 Å². The van der Waals surface area contributed by atoms with E-state index >= 15 is 0 Å². The second kappa shape index (κ2) is 10.0. The summed E-state index contributed by atoms with van der Waals surface area (Å²) in [6.07, 6.45) is 1.05. The number of rotatable bonds is 8. The molecule has 1 saturated heterocycles. The number of hydrogen-bond donors (Lipinski definition) is 1. The summed E-state index contributed by atoms with van der Waals surface area (Å²) in [4.78, 5) is 27.2. The first-order valence-electron chi connectivity index (χ1n) is 10.9. The number of phenols is 1. The molecule has 0 radical (unpaired) electrons. The lowest BCUT2D eigenvalue weighted by atomic mass is 9.92. The van der Waals surface area contributed by atoms with Crippen molar-refractivity contribution in [1.82, 2.24) is 4.90 Å². The van der Waals surface area contributed by atoms with Crippen molar-refractivity contribution in [3.63, 3.8) is 0 Å². The molecular formula is C23H35NO6S. The van der Waals surface area contributed by atoms with E-state index in [0.29, 0.717) is 18.4 Å². The molecule has 1 aromatic carbocycles. The van der Waals surface area contributed by atoms with Gasteiger partial charge in [-0.25, -0.2) is 13.2 Å². The number of phenolic OH excluding ortho intramolecular Hbond substituents is 1. The highest BCUT2D eigenvalue weighted by molar-refractivity contribution is 7.91. The van der Waals surface area contributed by atoms with E-state index in [0.717, 1.165) is 5.56 Å². The number of carbonyl (C=O) groups is 2. The number of aromatic hydroxyl groups is 1. The SMILES string of the molecule is CC[C@@H](C)N(C(=O)COC(=O)c1cc(C(C)C)cc(C(C)C)c1O)[C@@H]1CCS(=O)(=O)C1. The maximum atomic E-state index is 12.9. The van der Waals surface area contributed by atoms with Crippen molar-refractivity contribution in [2.75, 3.05) is 18.1 Å². The number of nitrogens with zero attached hydrogens (tertiary/aromatic N) is 1. The van der Waals surface area contributed by atoms with Crippen LogP contribution in [0.5, 0.6) is 5.75 Å². The molecule has 0 bridgehead atoms. The van der Waals surface area contributed by atoms with Crippen molar-refractivity contribution in [2.24, 2.45) is 0 Å². The first-order chi connectivity index (χ1) is 14.4. The number of sulfone groups is 1. The van der Waals surface area contributed by atoms with Crippen LogP contribution in [-0.4, -0.2) is 60.5 Å². The van der Waals surface area contributed by atoms with Crippen LogP contribution in [0.15, 0.2) is 12.1 Å². The number of ether oxygens (including phenoxy) is 1. The van der Waals surface area contributed by atoms with Gasteiger partial charge in [-0.2, -0.15) is 0 Å². The average Bonchev–Trinajstić information content (AvgIpc) is 3.04. The Morgan fingerprint density at radius 2 is 1.81 bits per heavy atom. The molecule has 174 valence electrons. The van der Waals surface area contributed by atoms with Gasteiger partial charge < -0.3 is 14.7 Å². The summed E-state index contributed by atoms with van der Waals surface area (Å²) in [5.74, 6) is -1.16. The van der Waals surface area contributed by atoms with E-state index in [4.69, 9.17) is 4.74 Å². The van der Waals surface area contributed by atoms with Crippen molar-refractivity contribution in [3.05, 3.63) is 28.8 Å². The first kappa shape index (κ1) is 25.2. The van der Waals surface area contributed by atoms with E-state index in [1.807, 2.05) is 47.6 Å². The molecule has 2 rings (SSSR count). The molecule has 0 aromatic heterocycles. The van der Waals surface area contributed by atoms with Crippen LogP contribution in [0.3, 0.4) is 0 Å². The van der Waals surface area contributed by atoms with Crippen molar-refractivity contribution in [2.45, 2.75) is 78.3 Å². The molecule has 0 aliphatic carbocycles. The molecule has 1 aliphatic heterocycles. The van der Waals surface area contributed by atoms with Crippen molar-refractivity contribution >= 4 is 21.7 Å². The molecular weight excluding hydrogens is 418 g/mol. The largest absolute Gasteiger partial charge is 0.507 e. The maximum absolute atomic E-state index is 12.9. The van der Waals surface area contributed by atoms with Gasteiger partial charge in [-0.1, -0.05) is 40.7 Å². The van der Waals surface area contributed by atoms with E-state index in [1.165, 1.54) is 0 Å². The zero-order chi connectivity index (χ0) is 23.5. The Hall–Kier alpha value is -2.09. The van der Waals surface area contributed by atoms with E-state index in [2.05, 4.69) is 0 Å². The predicted molar refractivity (Wildman–Crippen MR) is 120 cm³/mol. The lowest BCUT2D eigenvalue weighted by Crippen LogP contribution is -2.48. The minimum absolute atomic E-state index is 0.0112. The van der Waals surface area contributed by atoms with Crippen LogP contribution in [-0.2, 0) is 19.4 Å². The van der Waals surface area contributed by atoms with E-state index in [1.54, 1.807) is 11.0 Å². The topological polar surface area (TPSA) is 101 Å². The Labute approximate surface area is 185 Å². The standard InChI is InChI=1S/C23H35NO6S/c1-7-16(6)24(18-8-9-31(28,29)13-18)21(25)12-30-23(27)20-11-17(14(2)3)10-19(15(4)5)22(20)26/h10-11,14-16,18,26H,7-9,12-13H2,1-6H3/t16-,18-/m1/s1. The van der Waals surface area contributed by atoms with Crippen LogP contribution in [0.25, 0.3) is 0 Å². The molecule has 1 amide bonds. The van der Waals surface area contributed by atoms with Crippen molar-refractivity contribution in [3.8, 4) is 5.75 Å². The van der Waals surface area contributed by atoms with Gasteiger partial charge in [0.05, 0.1) is 11.5 Å². The molecule has 7 nitrogen and oxygen atoms in total. The highest BCUT2D eigenvalue weighted by Gasteiger charge is 2.37. The van der Waals surface area contributed by atoms with Gasteiger partial charge in [-0.05, 0) is 48.8 Å². The highest BCUT2D eigenvalue weighted by Crippen LogP contribution is 2.33. The number of benzene rings is 1. The summed E-state index contributed by atoms with van der Waals surface area (Å²) in [6.45, 7) is 11.1. The molecule has 0 spiro atoms. The molecule has 0 saturated carbocycles. The molecule has 1 aliphatic rings. The van der Waals surface area contributed by atoms with Crippen LogP contribution in [0.4, 0.5) is 0 Å². The summed E-state index contributed by atoms with van der Waals surface area (Å²) >= 11 is 0. The number of carbonyl (C=O) groups excluding carboxylic acids is 2. The second-order valence-electron chi connectivity index (χ2n) is 9.01. The van der Waals surface area contributed by atoms with Gasteiger partial charge in [-0.3, -0.25) is 4.79 Å². The zero-order valence-electron chi connectivity index (χ0n) is 19.3. The van der Waals surface area contributed by atoms with E-state index < -0.39 is 34.4 Å². The summed E-state index contributed by atoms with van der Waals surface area (Å²) in [6, 6.07) is 2.91. The predicted octanol–water partition coefficient (Wildman–Crippen LogP) is 3.61. The monoisotopic (exact) mass is 453 g/mol. The molecule has 0 unspecified atom stereocenters. The third-order valence-electron chi connectivity index (χ3n) is 5.95. The van der Waals surface area contributed by atoms with Crippen LogP contribution < -0.4 is 0 Å². The zero-order valence-corrected chi connectivity index (χ0v) is 20.2. The molecule has 2 atom stereocenters. The fourth-order valence-electron chi connectivity index (χ4n) is 3.89. The lowest BCUT2D eigenvalue weighted by molar-refractivity contribution is -0.138. The Morgan fingerprint density at radius 1 is 1.16 bits per heavy atom. The third-order valence-corrected chi connectivity index (χ3v) is 7.70. The number of esters is 1. The van der Waals surface area contributed by atoms with Gasteiger partial charge >= 0.3 is 5.97 Å². The van der Waals surface area contributed by atoms with Crippen molar-refractivity contribution in [1.29, 1.82) is 0 Å². The fourth-order valence-corrected chi connectivity index (χ4v) is 5.60. The summed E-state index contributed by atoms with van der Waals surface area (Å²) in [5.41, 5.74) is 1.60. The number of amides is 1. The maximum Gasteiger partial charge on any atom is 0.342 e. The van der Waals surface area contributed by atoms with Gasteiger partial charge in [0.15, 0.2) is 16.4 Å². The van der Waals surface area contributed by atoms with Gasteiger partial charge in [-0.15, -0.1) is 0 Å². The molecule has 31 heavy (non-hydrogen) atoms. The van der Waals surface area contributed by atoms with Crippen LogP contribution in [0.1, 0.15) is 87.7 Å². The molecule has 8 heteroatoms. The molecule has 1 fully saturated rings. The fraction of sp³-hybridized carbons (Fsp3) is 0.652. The number of hydrogen-bond acceptors (Lipinski definition) is 6. The lowest BCUT2D eigenvalue weighted by Gasteiger charge is -2.33. The summed E-state index contributed by atoms with van der Waals surface area (Å²) in [5, 5.41) is 10.6. The summed E-state index contributed by atoms with van der Waals surface area (Å²) in [7, 11) is -3.16.